The van der Waals surface area contributed by atoms with Crippen molar-refractivity contribution < 1.29 is 0 Å². The Morgan fingerprint density at radius 3 is 2.42 bits per heavy atom. The predicted octanol–water partition coefficient (Wildman–Crippen LogP) is 1.41. The first-order chi connectivity index (χ1) is 9.40. The Hall–Kier alpha value is -0.900. The molecule has 2 fully saturated rings. The number of nitrogens with zero attached hydrogens (tertiary/aromatic N) is 2. The molecule has 0 saturated carbocycles. The average molecular weight is 259 g/mol. The van der Waals surface area contributed by atoms with E-state index in [1.165, 1.54) is 57.8 Å². The number of hydrogen-bond acceptors (Lipinski definition) is 3. The van der Waals surface area contributed by atoms with Gasteiger partial charge in [0.15, 0.2) is 0 Å². The molecule has 0 bridgehead atoms. The molecule has 1 N–H and O–H groups in total. The van der Waals surface area contributed by atoms with E-state index >= 15 is 0 Å². The molecule has 2 saturated heterocycles. The normalized spacial score (nSPS) is 25.8. The highest BCUT2D eigenvalue weighted by atomic mass is 15.3. The second-order valence-corrected chi connectivity index (χ2v) is 5.92. The SMILES string of the molecule is c1ccc(CN2CCN(C[C@@H]3CCNC3)CC2)cc1. The Morgan fingerprint density at radius 1 is 1.00 bits per heavy atom. The van der Waals surface area contributed by atoms with Gasteiger partial charge in [-0.25, -0.2) is 0 Å². The maximum Gasteiger partial charge on any atom is 0.0234 e. The summed E-state index contributed by atoms with van der Waals surface area (Å²) in [5.74, 6) is 0.890. The molecule has 1 aromatic rings. The lowest BCUT2D eigenvalue weighted by Gasteiger charge is -2.35. The summed E-state index contributed by atoms with van der Waals surface area (Å²) in [4.78, 5) is 5.23. The summed E-state index contributed by atoms with van der Waals surface area (Å²) in [7, 11) is 0. The van der Waals surface area contributed by atoms with Crippen LogP contribution in [-0.4, -0.2) is 55.6 Å². The minimum Gasteiger partial charge on any atom is -0.316 e. The first-order valence-corrected chi connectivity index (χ1v) is 7.59. The van der Waals surface area contributed by atoms with Gasteiger partial charge in [-0.05, 0) is 31.0 Å². The third-order valence-corrected chi connectivity index (χ3v) is 4.39. The van der Waals surface area contributed by atoms with Crippen molar-refractivity contribution >= 4 is 0 Å². The molecule has 0 unspecified atom stereocenters. The summed E-state index contributed by atoms with van der Waals surface area (Å²) < 4.78 is 0. The van der Waals surface area contributed by atoms with E-state index in [2.05, 4.69) is 45.4 Å². The molecule has 3 nitrogen and oxygen atoms in total. The van der Waals surface area contributed by atoms with Gasteiger partial charge in [-0.15, -0.1) is 0 Å². The van der Waals surface area contributed by atoms with E-state index < -0.39 is 0 Å². The number of piperazine rings is 1. The highest BCUT2D eigenvalue weighted by Gasteiger charge is 2.21. The topological polar surface area (TPSA) is 18.5 Å². The van der Waals surface area contributed by atoms with Gasteiger partial charge in [-0.2, -0.15) is 0 Å². The largest absolute Gasteiger partial charge is 0.316 e. The summed E-state index contributed by atoms with van der Waals surface area (Å²) in [6.07, 6.45) is 1.37. The Bertz CT molecular complexity index is 365. The van der Waals surface area contributed by atoms with Gasteiger partial charge in [0, 0.05) is 39.3 Å². The summed E-state index contributed by atoms with van der Waals surface area (Å²) in [5, 5.41) is 3.47. The fourth-order valence-corrected chi connectivity index (χ4v) is 3.21. The number of nitrogens with one attached hydrogen (secondary N) is 1. The highest BCUT2D eigenvalue weighted by Crippen LogP contribution is 2.13. The summed E-state index contributed by atoms with van der Waals surface area (Å²) in [6, 6.07) is 10.8. The van der Waals surface area contributed by atoms with Crippen LogP contribution < -0.4 is 5.32 Å². The molecule has 0 spiro atoms. The minimum atomic E-state index is 0.890. The van der Waals surface area contributed by atoms with Crippen LogP contribution in [0.4, 0.5) is 0 Å². The van der Waals surface area contributed by atoms with Crippen molar-refractivity contribution in [3.8, 4) is 0 Å². The average Bonchev–Trinajstić information content (AvgIpc) is 2.95. The molecule has 2 heterocycles. The van der Waals surface area contributed by atoms with Crippen LogP contribution in [0.2, 0.25) is 0 Å². The van der Waals surface area contributed by atoms with Crippen LogP contribution in [0.5, 0.6) is 0 Å². The van der Waals surface area contributed by atoms with Crippen LogP contribution in [0.15, 0.2) is 30.3 Å². The molecule has 0 radical (unpaired) electrons. The highest BCUT2D eigenvalue weighted by molar-refractivity contribution is 5.14. The maximum atomic E-state index is 3.47. The summed E-state index contributed by atoms with van der Waals surface area (Å²) in [6.45, 7) is 9.77. The third-order valence-electron chi connectivity index (χ3n) is 4.39. The molecular formula is C16H25N3. The van der Waals surface area contributed by atoms with Crippen molar-refractivity contribution in [1.29, 1.82) is 0 Å². The Balaban J connectivity index is 1.41. The number of rotatable bonds is 4. The van der Waals surface area contributed by atoms with Crippen molar-refractivity contribution in [3.05, 3.63) is 35.9 Å². The van der Waals surface area contributed by atoms with Crippen molar-refractivity contribution in [2.45, 2.75) is 13.0 Å². The summed E-state index contributed by atoms with van der Waals surface area (Å²) >= 11 is 0. The van der Waals surface area contributed by atoms with Crippen LogP contribution >= 0.6 is 0 Å². The zero-order chi connectivity index (χ0) is 12.9. The molecule has 1 atom stereocenters. The van der Waals surface area contributed by atoms with Crippen molar-refractivity contribution in [2.75, 3.05) is 45.8 Å². The van der Waals surface area contributed by atoms with Gasteiger partial charge in [0.25, 0.3) is 0 Å². The van der Waals surface area contributed by atoms with Gasteiger partial charge in [-0.1, -0.05) is 30.3 Å². The van der Waals surface area contributed by atoms with E-state index in [1.807, 2.05) is 0 Å². The quantitative estimate of drug-likeness (QED) is 0.882. The first kappa shape index (κ1) is 13.1. The van der Waals surface area contributed by atoms with Crippen molar-refractivity contribution in [1.82, 2.24) is 15.1 Å². The van der Waals surface area contributed by atoms with E-state index in [9.17, 15) is 0 Å². The molecule has 0 amide bonds. The molecule has 0 aliphatic carbocycles. The molecule has 3 heteroatoms. The van der Waals surface area contributed by atoms with E-state index in [1.54, 1.807) is 0 Å². The van der Waals surface area contributed by atoms with E-state index in [4.69, 9.17) is 0 Å². The Labute approximate surface area is 116 Å². The molecular weight excluding hydrogens is 234 g/mol. The fraction of sp³-hybridized carbons (Fsp3) is 0.625. The van der Waals surface area contributed by atoms with Gasteiger partial charge >= 0.3 is 0 Å². The van der Waals surface area contributed by atoms with E-state index in [0.717, 1.165) is 12.5 Å². The number of benzene rings is 1. The first-order valence-electron chi connectivity index (χ1n) is 7.59. The Morgan fingerprint density at radius 2 is 1.74 bits per heavy atom. The molecule has 19 heavy (non-hydrogen) atoms. The smallest absolute Gasteiger partial charge is 0.0234 e. The van der Waals surface area contributed by atoms with E-state index in [0.29, 0.717) is 0 Å². The van der Waals surface area contributed by atoms with Gasteiger partial charge < -0.3 is 10.2 Å². The van der Waals surface area contributed by atoms with Crippen LogP contribution in [0.1, 0.15) is 12.0 Å². The minimum absolute atomic E-state index is 0.890. The molecule has 2 aliphatic rings. The van der Waals surface area contributed by atoms with Crippen molar-refractivity contribution in [3.63, 3.8) is 0 Å². The van der Waals surface area contributed by atoms with Crippen molar-refractivity contribution in [2.24, 2.45) is 5.92 Å². The van der Waals surface area contributed by atoms with Gasteiger partial charge in [0.1, 0.15) is 0 Å². The van der Waals surface area contributed by atoms with Gasteiger partial charge in [-0.3, -0.25) is 4.90 Å². The van der Waals surface area contributed by atoms with E-state index in [-0.39, 0.29) is 0 Å². The zero-order valence-corrected chi connectivity index (χ0v) is 11.7. The third kappa shape index (κ3) is 3.78. The lowest BCUT2D eigenvalue weighted by molar-refractivity contribution is 0.115. The van der Waals surface area contributed by atoms with Gasteiger partial charge in [0.2, 0.25) is 0 Å². The monoisotopic (exact) mass is 259 g/mol. The lowest BCUT2D eigenvalue weighted by atomic mass is 10.1. The predicted molar refractivity (Wildman–Crippen MR) is 79.1 cm³/mol. The second-order valence-electron chi connectivity index (χ2n) is 5.92. The van der Waals surface area contributed by atoms with Crippen LogP contribution in [0.25, 0.3) is 0 Å². The molecule has 2 aliphatic heterocycles. The molecule has 104 valence electrons. The lowest BCUT2D eigenvalue weighted by Crippen LogP contribution is -2.47. The van der Waals surface area contributed by atoms with Crippen LogP contribution in [-0.2, 0) is 6.54 Å². The standard InChI is InChI=1S/C16H25N3/c1-2-4-15(5-3-1)13-18-8-10-19(11-9-18)14-16-6-7-17-12-16/h1-5,16-17H,6-14H2/t16-/m1/s1. The van der Waals surface area contributed by atoms with Crippen LogP contribution in [0, 0.1) is 5.92 Å². The molecule has 3 rings (SSSR count). The fourth-order valence-electron chi connectivity index (χ4n) is 3.21. The maximum absolute atomic E-state index is 3.47. The van der Waals surface area contributed by atoms with Gasteiger partial charge in [0.05, 0.1) is 0 Å². The summed E-state index contributed by atoms with van der Waals surface area (Å²) in [5.41, 5.74) is 1.44. The zero-order valence-electron chi connectivity index (χ0n) is 11.7. The number of hydrogen-bond donors (Lipinski definition) is 1. The molecule has 1 aromatic carbocycles. The van der Waals surface area contributed by atoms with Crippen LogP contribution in [0.3, 0.4) is 0 Å². The second kappa shape index (κ2) is 6.51. The Kier molecular flexibility index (Phi) is 4.49. The molecule has 0 aromatic heterocycles.